The van der Waals surface area contributed by atoms with E-state index in [9.17, 15) is 0 Å². The van der Waals surface area contributed by atoms with Crippen LogP contribution < -0.4 is 0 Å². The predicted molar refractivity (Wildman–Crippen MR) is 215 cm³/mol. The number of aromatic nitrogens is 4. The van der Waals surface area contributed by atoms with Gasteiger partial charge in [-0.05, 0) is 64.2 Å². The molecule has 0 bridgehead atoms. The van der Waals surface area contributed by atoms with Gasteiger partial charge < -0.3 is 4.57 Å². The Labute approximate surface area is 301 Å². The number of hydrogen-bond acceptors (Lipinski definition) is 2. The van der Waals surface area contributed by atoms with Gasteiger partial charge in [-0.15, -0.1) is 0 Å². The van der Waals surface area contributed by atoms with E-state index < -0.39 is 0 Å². The third kappa shape index (κ3) is 5.09. The molecular weight excluding hydrogens is 633 g/mol. The van der Waals surface area contributed by atoms with Gasteiger partial charge in [0.2, 0.25) is 5.78 Å². The van der Waals surface area contributed by atoms with Crippen molar-refractivity contribution >= 4 is 27.6 Å². The summed E-state index contributed by atoms with van der Waals surface area (Å²) in [6, 6.07) is 64.5. The zero-order valence-corrected chi connectivity index (χ0v) is 28.3. The van der Waals surface area contributed by atoms with Gasteiger partial charge in [0.05, 0.1) is 22.4 Å². The Balaban J connectivity index is 1.10. The van der Waals surface area contributed by atoms with E-state index >= 15 is 0 Å². The third-order valence-corrected chi connectivity index (χ3v) is 10.0. The van der Waals surface area contributed by atoms with E-state index in [1.165, 1.54) is 44.1 Å². The molecule has 0 radical (unpaired) electrons. The largest absolute Gasteiger partial charge is 0.309 e. The second kappa shape index (κ2) is 12.4. The fourth-order valence-electron chi connectivity index (χ4n) is 7.48. The highest BCUT2D eigenvalue weighted by Crippen LogP contribution is 2.38. The molecule has 0 spiro atoms. The van der Waals surface area contributed by atoms with E-state index in [2.05, 4.69) is 185 Å². The molecular formula is C48H32N4. The van der Waals surface area contributed by atoms with E-state index in [0.717, 1.165) is 39.3 Å². The van der Waals surface area contributed by atoms with E-state index in [0.29, 0.717) is 5.78 Å². The zero-order chi connectivity index (χ0) is 34.4. The summed E-state index contributed by atoms with van der Waals surface area (Å²) in [6.07, 6.45) is 4.09. The first-order chi connectivity index (χ1) is 25.8. The molecule has 0 aliphatic heterocycles. The van der Waals surface area contributed by atoms with Crippen LogP contribution in [0.1, 0.15) is 0 Å². The van der Waals surface area contributed by atoms with Gasteiger partial charge in [-0.3, -0.25) is 4.40 Å². The van der Waals surface area contributed by atoms with Crippen molar-refractivity contribution in [1.82, 2.24) is 18.9 Å². The lowest BCUT2D eigenvalue weighted by molar-refractivity contribution is 1.11. The first-order valence-corrected chi connectivity index (χ1v) is 17.6. The Morgan fingerprint density at radius 2 is 0.846 bits per heavy atom. The van der Waals surface area contributed by atoms with Gasteiger partial charge in [-0.25, -0.2) is 9.97 Å². The number of fused-ring (bicyclic) bond motifs is 4. The highest BCUT2D eigenvalue weighted by molar-refractivity contribution is 6.11. The average Bonchev–Trinajstić information content (AvgIpc) is 3.77. The molecule has 7 aromatic carbocycles. The maximum atomic E-state index is 5.00. The lowest BCUT2D eigenvalue weighted by Gasteiger charge is -2.11. The van der Waals surface area contributed by atoms with Crippen LogP contribution in [-0.4, -0.2) is 18.9 Å². The minimum atomic E-state index is 0.674. The molecule has 0 saturated carbocycles. The van der Waals surface area contributed by atoms with Crippen LogP contribution in [0.4, 0.5) is 0 Å². The summed E-state index contributed by atoms with van der Waals surface area (Å²) >= 11 is 0. The van der Waals surface area contributed by atoms with Crippen molar-refractivity contribution < 1.29 is 0 Å². The second-order valence-corrected chi connectivity index (χ2v) is 13.1. The average molecular weight is 665 g/mol. The highest BCUT2D eigenvalue weighted by Gasteiger charge is 2.18. The van der Waals surface area contributed by atoms with Crippen molar-refractivity contribution in [1.29, 1.82) is 0 Å². The van der Waals surface area contributed by atoms with E-state index in [1.807, 2.05) is 18.3 Å². The van der Waals surface area contributed by atoms with Crippen molar-refractivity contribution in [3.8, 4) is 61.6 Å². The van der Waals surface area contributed by atoms with Crippen LogP contribution in [-0.2, 0) is 0 Å². The molecule has 52 heavy (non-hydrogen) atoms. The Morgan fingerprint density at radius 3 is 1.38 bits per heavy atom. The van der Waals surface area contributed by atoms with Crippen LogP contribution in [0.2, 0.25) is 0 Å². The maximum Gasteiger partial charge on any atom is 0.234 e. The Hall–Kier alpha value is -7.04. The zero-order valence-electron chi connectivity index (χ0n) is 28.3. The number of benzene rings is 7. The number of imidazole rings is 1. The summed E-state index contributed by atoms with van der Waals surface area (Å²) in [5.41, 5.74) is 14.5. The fourth-order valence-corrected chi connectivity index (χ4v) is 7.48. The molecule has 0 fully saturated rings. The predicted octanol–water partition coefficient (Wildman–Crippen LogP) is 12.2. The minimum Gasteiger partial charge on any atom is -0.309 e. The molecule has 4 nitrogen and oxygen atoms in total. The van der Waals surface area contributed by atoms with Crippen molar-refractivity contribution in [2.45, 2.75) is 0 Å². The van der Waals surface area contributed by atoms with Crippen molar-refractivity contribution in [3.63, 3.8) is 0 Å². The molecule has 10 aromatic rings. The van der Waals surface area contributed by atoms with Crippen molar-refractivity contribution in [2.75, 3.05) is 0 Å². The van der Waals surface area contributed by atoms with Crippen LogP contribution in [0.3, 0.4) is 0 Å². The van der Waals surface area contributed by atoms with Crippen LogP contribution in [0, 0.1) is 0 Å². The van der Waals surface area contributed by atoms with Gasteiger partial charge in [0.25, 0.3) is 0 Å². The summed E-state index contributed by atoms with van der Waals surface area (Å²) in [7, 11) is 0. The van der Waals surface area contributed by atoms with Crippen molar-refractivity contribution in [2.24, 2.45) is 0 Å². The lowest BCUT2D eigenvalue weighted by Crippen LogP contribution is -1.95. The molecule has 0 amide bonds. The summed E-state index contributed by atoms with van der Waals surface area (Å²) in [5, 5.41) is 2.46. The molecule has 244 valence electrons. The molecule has 0 saturated heterocycles. The lowest BCUT2D eigenvalue weighted by atomic mass is 10.0. The van der Waals surface area contributed by atoms with Gasteiger partial charge in [0.15, 0.2) is 0 Å². The minimum absolute atomic E-state index is 0.674. The summed E-state index contributed by atoms with van der Waals surface area (Å²) < 4.78 is 4.51. The van der Waals surface area contributed by atoms with Crippen LogP contribution in [0.25, 0.3) is 89.2 Å². The van der Waals surface area contributed by atoms with Crippen LogP contribution >= 0.6 is 0 Å². The van der Waals surface area contributed by atoms with Gasteiger partial charge in [-0.2, -0.15) is 0 Å². The Morgan fingerprint density at radius 1 is 0.385 bits per heavy atom. The van der Waals surface area contributed by atoms with Gasteiger partial charge in [-0.1, -0.05) is 146 Å². The molecule has 0 aliphatic carbocycles. The Kier molecular flexibility index (Phi) is 7.10. The third-order valence-electron chi connectivity index (χ3n) is 10.0. The molecule has 0 unspecified atom stereocenters. The molecule has 4 heteroatoms. The fraction of sp³-hybridized carbons (Fsp3) is 0. The molecule has 10 rings (SSSR count). The Bertz CT molecular complexity index is 2760. The monoisotopic (exact) mass is 664 g/mol. The normalized spacial score (nSPS) is 11.5. The molecule has 0 N–H and O–H groups in total. The quantitative estimate of drug-likeness (QED) is 0.177. The molecule has 3 aromatic heterocycles. The van der Waals surface area contributed by atoms with E-state index in [-0.39, 0.29) is 0 Å². The number of hydrogen-bond donors (Lipinski definition) is 0. The van der Waals surface area contributed by atoms with Gasteiger partial charge in [0.1, 0.15) is 0 Å². The number of nitrogens with zero attached hydrogens (tertiary/aromatic N) is 4. The SMILES string of the molecule is c1ccc(-c2ccc3c(c2)c2cc(-c4ccccc4)ccc2n3-c2ccc(-c3cnc4nc(-c5ccccc5)c(-c5ccccc5)n4c3)cc2)cc1. The van der Waals surface area contributed by atoms with E-state index in [4.69, 9.17) is 9.97 Å². The molecule has 3 heterocycles. The van der Waals surface area contributed by atoms with Gasteiger partial charge >= 0.3 is 0 Å². The topological polar surface area (TPSA) is 35.1 Å². The molecule has 0 atom stereocenters. The first kappa shape index (κ1) is 29.8. The second-order valence-electron chi connectivity index (χ2n) is 13.1. The maximum absolute atomic E-state index is 5.00. The van der Waals surface area contributed by atoms with E-state index in [1.54, 1.807) is 0 Å². The van der Waals surface area contributed by atoms with Crippen molar-refractivity contribution in [3.05, 3.63) is 194 Å². The summed E-state index contributed by atoms with van der Waals surface area (Å²) in [4.78, 5) is 9.86. The first-order valence-electron chi connectivity index (χ1n) is 17.6. The summed E-state index contributed by atoms with van der Waals surface area (Å²) in [6.45, 7) is 0. The van der Waals surface area contributed by atoms with Gasteiger partial charge in [0, 0.05) is 45.5 Å². The van der Waals surface area contributed by atoms with Crippen LogP contribution in [0.15, 0.2) is 194 Å². The number of rotatable bonds is 6. The molecule has 0 aliphatic rings. The van der Waals surface area contributed by atoms with Crippen LogP contribution in [0.5, 0.6) is 0 Å². The smallest absolute Gasteiger partial charge is 0.234 e. The summed E-state index contributed by atoms with van der Waals surface area (Å²) in [5.74, 6) is 0.674. The highest BCUT2D eigenvalue weighted by atomic mass is 15.1. The standard InChI is InChI=1S/C48H32N4/c1-5-13-33(14-6-1)38-23-27-44-42(29-38)43-30-39(34-15-7-2-8-16-34)24-28-45(43)52(44)41-25-21-35(22-26-41)40-31-49-48-50-46(36-17-9-3-10-18-36)47(51(48)32-40)37-19-11-4-12-20-37/h1-32H.